The molecule has 1 aromatic heterocycles. The van der Waals surface area contributed by atoms with E-state index in [2.05, 4.69) is 11.9 Å². The molecule has 0 aliphatic rings. The Morgan fingerprint density at radius 2 is 2.00 bits per heavy atom. The topological polar surface area (TPSA) is 65.3 Å². The summed E-state index contributed by atoms with van der Waals surface area (Å²) in [6.45, 7) is 7.46. The lowest BCUT2D eigenvalue weighted by Crippen LogP contribution is -2.26. The van der Waals surface area contributed by atoms with Crippen LogP contribution in [0.3, 0.4) is 0 Å². The number of nitrogens with zero attached hydrogens (tertiary/aromatic N) is 2. The highest BCUT2D eigenvalue weighted by molar-refractivity contribution is 6.32. The first-order valence-electron chi connectivity index (χ1n) is 7.49. The Morgan fingerprint density at radius 3 is 2.58 bits per heavy atom. The fourth-order valence-electron chi connectivity index (χ4n) is 2.29. The van der Waals surface area contributed by atoms with E-state index in [0.717, 1.165) is 5.69 Å². The van der Waals surface area contributed by atoms with Gasteiger partial charge in [-0.3, -0.25) is 14.3 Å². The number of alkyl halides is 1. The van der Waals surface area contributed by atoms with Gasteiger partial charge in [-0.1, -0.05) is 24.8 Å². The van der Waals surface area contributed by atoms with Gasteiger partial charge < -0.3 is 10.1 Å². The van der Waals surface area contributed by atoms with Crippen LogP contribution < -0.4 is 10.9 Å². The predicted octanol–water partition coefficient (Wildman–Crippen LogP) is 2.58. The van der Waals surface area contributed by atoms with Crippen LogP contribution in [0.1, 0.15) is 12.6 Å². The molecule has 2 rings (SSSR count). The van der Waals surface area contributed by atoms with Gasteiger partial charge in [0.25, 0.3) is 5.56 Å². The molecule has 1 aromatic carbocycles. The van der Waals surface area contributed by atoms with Crippen molar-refractivity contribution >= 4 is 23.3 Å². The molecule has 1 heterocycles. The minimum atomic E-state index is -1.07. The van der Waals surface area contributed by atoms with E-state index in [9.17, 15) is 9.59 Å². The van der Waals surface area contributed by atoms with Gasteiger partial charge in [0.1, 0.15) is 5.69 Å². The molecule has 2 aromatic rings. The van der Waals surface area contributed by atoms with Crippen molar-refractivity contribution in [1.29, 1.82) is 0 Å². The van der Waals surface area contributed by atoms with E-state index in [1.807, 2.05) is 30.3 Å². The molecule has 0 aliphatic heterocycles. The van der Waals surface area contributed by atoms with Gasteiger partial charge in [0.05, 0.1) is 18.0 Å². The summed E-state index contributed by atoms with van der Waals surface area (Å²) in [5.74, 6) is -0.603. The van der Waals surface area contributed by atoms with Gasteiger partial charge in [0, 0.05) is 12.7 Å². The summed E-state index contributed by atoms with van der Waals surface area (Å²) in [6.07, 6.45) is 0. The first-order valence-corrected chi connectivity index (χ1v) is 7.92. The molecule has 24 heavy (non-hydrogen) atoms. The zero-order chi connectivity index (χ0) is 17.9. The molecule has 1 N–H and O–H groups in total. The summed E-state index contributed by atoms with van der Waals surface area (Å²) >= 11 is 6.03. The molecule has 0 radical (unpaired) electrons. The quantitative estimate of drug-likeness (QED) is 0.643. The second kappa shape index (κ2) is 7.40. The van der Waals surface area contributed by atoms with E-state index in [0.29, 0.717) is 11.4 Å². The normalized spacial score (nSPS) is 11.8. The average molecular weight is 350 g/mol. The first-order chi connectivity index (χ1) is 11.4. The number of halogens is 1. The molecule has 0 bridgehead atoms. The van der Waals surface area contributed by atoms with Gasteiger partial charge in [0.15, 0.2) is 5.38 Å². The summed E-state index contributed by atoms with van der Waals surface area (Å²) < 4.78 is 8.11. The largest absolute Gasteiger partial charge is 0.465 e. The second-order valence-electron chi connectivity index (χ2n) is 5.20. The van der Waals surface area contributed by atoms with Gasteiger partial charge in [-0.15, -0.1) is 11.6 Å². The van der Waals surface area contributed by atoms with Crippen molar-refractivity contribution in [2.75, 3.05) is 11.9 Å². The number of esters is 1. The number of aromatic nitrogens is 2. The van der Waals surface area contributed by atoms with Crippen LogP contribution in [0.2, 0.25) is 0 Å². The number of ether oxygens (including phenoxy) is 1. The zero-order valence-corrected chi connectivity index (χ0v) is 14.6. The lowest BCUT2D eigenvalue weighted by atomic mass is 10.3. The Labute approximate surface area is 145 Å². The second-order valence-corrected chi connectivity index (χ2v) is 5.64. The van der Waals surface area contributed by atoms with Crippen molar-refractivity contribution in [2.45, 2.75) is 19.2 Å². The molecule has 0 saturated carbocycles. The standard InChI is InChI=1S/C17H20ClN3O3/c1-5-24-17(23)14(18)11(2)19-15-12(3)20(4)21(16(15)22)13-9-7-6-8-10-13/h6-10,14,19H,2,5H2,1,3-4H3/t14-/m0/s1. The third-order valence-corrected chi connectivity index (χ3v) is 4.08. The van der Waals surface area contributed by atoms with Crippen LogP contribution >= 0.6 is 11.6 Å². The molecule has 0 amide bonds. The van der Waals surface area contributed by atoms with Crippen LogP contribution in [0.15, 0.2) is 47.4 Å². The highest BCUT2D eigenvalue weighted by atomic mass is 35.5. The summed E-state index contributed by atoms with van der Waals surface area (Å²) in [5, 5.41) is 1.79. The summed E-state index contributed by atoms with van der Waals surface area (Å²) in [7, 11) is 1.78. The highest BCUT2D eigenvalue weighted by Crippen LogP contribution is 2.18. The Hall–Kier alpha value is -2.47. The summed E-state index contributed by atoms with van der Waals surface area (Å²) in [6, 6.07) is 9.25. The molecule has 0 saturated heterocycles. The van der Waals surface area contributed by atoms with E-state index in [1.165, 1.54) is 4.68 Å². The highest BCUT2D eigenvalue weighted by Gasteiger charge is 2.23. The Balaban J connectivity index is 2.35. The fraction of sp³-hybridized carbons (Fsp3) is 0.294. The fourth-order valence-corrected chi connectivity index (χ4v) is 2.41. The van der Waals surface area contributed by atoms with Crippen molar-refractivity contribution in [2.24, 2.45) is 7.05 Å². The van der Waals surface area contributed by atoms with Crippen LogP contribution in [0, 0.1) is 6.92 Å². The van der Waals surface area contributed by atoms with E-state index in [4.69, 9.17) is 16.3 Å². The predicted molar refractivity (Wildman–Crippen MR) is 94.8 cm³/mol. The van der Waals surface area contributed by atoms with Crippen molar-refractivity contribution in [1.82, 2.24) is 9.36 Å². The Kier molecular flexibility index (Phi) is 5.51. The van der Waals surface area contributed by atoms with E-state index >= 15 is 0 Å². The van der Waals surface area contributed by atoms with Crippen LogP contribution in [-0.2, 0) is 16.6 Å². The number of carbonyl (C=O) groups is 1. The van der Waals surface area contributed by atoms with E-state index in [-0.39, 0.29) is 17.9 Å². The van der Waals surface area contributed by atoms with Gasteiger partial charge in [0.2, 0.25) is 0 Å². The van der Waals surface area contributed by atoms with Crippen molar-refractivity contribution in [3.05, 3.63) is 58.7 Å². The molecule has 0 fully saturated rings. The van der Waals surface area contributed by atoms with Crippen LogP contribution in [-0.4, -0.2) is 27.3 Å². The lowest BCUT2D eigenvalue weighted by molar-refractivity contribution is -0.141. The van der Waals surface area contributed by atoms with E-state index in [1.54, 1.807) is 25.6 Å². The summed E-state index contributed by atoms with van der Waals surface area (Å²) in [5.41, 5.74) is 1.69. The number of anilines is 1. The number of rotatable bonds is 6. The monoisotopic (exact) mass is 349 g/mol. The number of hydrogen-bond acceptors (Lipinski definition) is 4. The number of nitrogens with one attached hydrogen (secondary N) is 1. The third kappa shape index (κ3) is 3.38. The molecule has 0 aliphatic carbocycles. The maximum atomic E-state index is 12.7. The molecule has 128 valence electrons. The Bertz CT molecular complexity index is 808. The zero-order valence-electron chi connectivity index (χ0n) is 13.9. The van der Waals surface area contributed by atoms with Crippen molar-refractivity contribution in [3.8, 4) is 5.69 Å². The minimum Gasteiger partial charge on any atom is -0.465 e. The molecule has 7 heteroatoms. The molecule has 6 nitrogen and oxygen atoms in total. The Morgan fingerprint density at radius 1 is 1.38 bits per heavy atom. The maximum Gasteiger partial charge on any atom is 0.330 e. The minimum absolute atomic E-state index is 0.195. The van der Waals surface area contributed by atoms with Crippen LogP contribution in [0.5, 0.6) is 0 Å². The van der Waals surface area contributed by atoms with Crippen molar-refractivity contribution in [3.63, 3.8) is 0 Å². The van der Waals surface area contributed by atoms with Crippen LogP contribution in [0.25, 0.3) is 5.69 Å². The van der Waals surface area contributed by atoms with Gasteiger partial charge in [-0.05, 0) is 26.0 Å². The van der Waals surface area contributed by atoms with Crippen molar-refractivity contribution < 1.29 is 9.53 Å². The van der Waals surface area contributed by atoms with E-state index < -0.39 is 11.3 Å². The molecule has 1 atom stereocenters. The van der Waals surface area contributed by atoms with Gasteiger partial charge in [-0.25, -0.2) is 4.68 Å². The maximum absolute atomic E-state index is 12.7. The van der Waals surface area contributed by atoms with Gasteiger partial charge >= 0.3 is 5.97 Å². The summed E-state index contributed by atoms with van der Waals surface area (Å²) in [4.78, 5) is 24.4. The van der Waals surface area contributed by atoms with Gasteiger partial charge in [-0.2, -0.15) is 0 Å². The molecular formula is C17H20ClN3O3. The number of carbonyl (C=O) groups excluding carboxylic acids is 1. The number of para-hydroxylation sites is 1. The molecule has 0 unspecified atom stereocenters. The lowest BCUT2D eigenvalue weighted by Gasteiger charge is -2.13. The van der Waals surface area contributed by atoms with Crippen LogP contribution in [0.4, 0.5) is 5.69 Å². The smallest absolute Gasteiger partial charge is 0.330 e. The number of benzene rings is 1. The SMILES string of the molecule is C=C(Nc1c(C)n(C)n(-c2ccccc2)c1=O)[C@H](Cl)C(=O)OCC. The third-order valence-electron chi connectivity index (χ3n) is 3.64. The molecule has 0 spiro atoms. The average Bonchev–Trinajstić information content (AvgIpc) is 2.78. The molecular weight excluding hydrogens is 330 g/mol. The number of hydrogen-bond donors (Lipinski definition) is 1. The first kappa shape index (κ1) is 17.9.